The summed E-state index contributed by atoms with van der Waals surface area (Å²) >= 11 is 3.30. The zero-order valence-corrected chi connectivity index (χ0v) is 12.4. The Morgan fingerprint density at radius 3 is 3.00 bits per heavy atom. The van der Waals surface area contributed by atoms with Crippen LogP contribution in [0.25, 0.3) is 0 Å². The van der Waals surface area contributed by atoms with E-state index in [0.29, 0.717) is 25.4 Å². The summed E-state index contributed by atoms with van der Waals surface area (Å²) < 4.78 is 5.87. The molecule has 6 heteroatoms. The predicted molar refractivity (Wildman–Crippen MR) is 73.8 cm³/mol. The number of nitrogens with zero attached hydrogens (tertiary/aromatic N) is 1. The van der Waals surface area contributed by atoms with Crippen LogP contribution in [-0.2, 0) is 9.53 Å². The smallest absolute Gasteiger partial charge is 0.310 e. The largest absolute Gasteiger partial charge is 0.466 e. The van der Waals surface area contributed by atoms with Gasteiger partial charge in [-0.05, 0) is 41.8 Å². The van der Waals surface area contributed by atoms with Crippen molar-refractivity contribution in [3.63, 3.8) is 0 Å². The lowest BCUT2D eigenvalue weighted by atomic mass is 9.98. The molecule has 0 spiro atoms. The molecule has 2 heterocycles. The topological polar surface area (TPSA) is 62.4 Å². The van der Waals surface area contributed by atoms with Crippen LogP contribution in [0.5, 0.6) is 0 Å². The first-order valence-electron chi connectivity index (χ1n) is 6.41. The molecule has 0 radical (unpaired) electrons. The van der Waals surface area contributed by atoms with Crippen LogP contribution in [0.15, 0.2) is 16.7 Å². The molecule has 1 fully saturated rings. The second kappa shape index (κ2) is 6.23. The number of nitrogens with one attached hydrogen (secondary N) is 1. The molecule has 1 N–H and O–H groups in total. The van der Waals surface area contributed by atoms with Gasteiger partial charge in [-0.25, -0.2) is 0 Å². The summed E-state index contributed by atoms with van der Waals surface area (Å²) in [4.78, 5) is 28.6. The van der Waals surface area contributed by atoms with E-state index in [9.17, 15) is 9.59 Å². The quantitative estimate of drug-likeness (QED) is 0.865. The number of aromatic amines is 1. The summed E-state index contributed by atoms with van der Waals surface area (Å²) in [5, 5.41) is 0. The van der Waals surface area contributed by atoms with Crippen LogP contribution in [-0.4, -0.2) is 41.5 Å². The van der Waals surface area contributed by atoms with E-state index in [1.165, 1.54) is 0 Å². The number of ether oxygens (including phenoxy) is 1. The number of carbonyl (C=O) groups is 2. The van der Waals surface area contributed by atoms with Crippen LogP contribution in [0.1, 0.15) is 30.3 Å². The summed E-state index contributed by atoms with van der Waals surface area (Å²) in [5.74, 6) is -0.469. The molecule has 19 heavy (non-hydrogen) atoms. The maximum Gasteiger partial charge on any atom is 0.310 e. The zero-order valence-electron chi connectivity index (χ0n) is 10.8. The van der Waals surface area contributed by atoms with Gasteiger partial charge in [-0.3, -0.25) is 9.59 Å². The van der Waals surface area contributed by atoms with Gasteiger partial charge in [-0.2, -0.15) is 0 Å². The Balaban J connectivity index is 2.01. The first kappa shape index (κ1) is 14.1. The van der Waals surface area contributed by atoms with Crippen LogP contribution in [0.3, 0.4) is 0 Å². The van der Waals surface area contributed by atoms with Gasteiger partial charge in [-0.1, -0.05) is 0 Å². The molecule has 5 nitrogen and oxygen atoms in total. The normalized spacial score (nSPS) is 19.3. The number of hydrogen-bond acceptors (Lipinski definition) is 3. The Morgan fingerprint density at radius 1 is 1.58 bits per heavy atom. The minimum Gasteiger partial charge on any atom is -0.466 e. The average molecular weight is 329 g/mol. The van der Waals surface area contributed by atoms with Crippen molar-refractivity contribution in [2.75, 3.05) is 19.7 Å². The van der Waals surface area contributed by atoms with Gasteiger partial charge in [0.1, 0.15) is 5.69 Å². The molecule has 1 amide bonds. The highest BCUT2D eigenvalue weighted by atomic mass is 79.9. The predicted octanol–water partition coefficient (Wildman–Crippen LogP) is 2.19. The number of amides is 1. The molecule has 0 bridgehead atoms. The van der Waals surface area contributed by atoms with Gasteiger partial charge >= 0.3 is 5.97 Å². The molecule has 1 aromatic rings. The van der Waals surface area contributed by atoms with Gasteiger partial charge in [0, 0.05) is 23.8 Å². The Morgan fingerprint density at radius 2 is 2.37 bits per heavy atom. The Bertz CT molecular complexity index is 472. The third-order valence-electron chi connectivity index (χ3n) is 3.21. The van der Waals surface area contributed by atoms with Crippen LogP contribution in [0.2, 0.25) is 0 Å². The minimum absolute atomic E-state index is 0.0697. The van der Waals surface area contributed by atoms with Crippen LogP contribution >= 0.6 is 15.9 Å². The summed E-state index contributed by atoms with van der Waals surface area (Å²) in [7, 11) is 0. The molecule has 1 aliphatic heterocycles. The first-order chi connectivity index (χ1) is 9.11. The van der Waals surface area contributed by atoms with E-state index in [1.807, 2.05) is 0 Å². The lowest BCUT2D eigenvalue weighted by molar-refractivity contribution is -0.149. The van der Waals surface area contributed by atoms with Crippen molar-refractivity contribution < 1.29 is 14.3 Å². The van der Waals surface area contributed by atoms with E-state index < -0.39 is 0 Å². The van der Waals surface area contributed by atoms with Gasteiger partial charge in [0.2, 0.25) is 0 Å². The third-order valence-corrected chi connectivity index (χ3v) is 3.66. The SMILES string of the molecule is CCOC(=O)[C@H]1CCCN(C(=O)c2cc(Br)c[nH]2)C1. The number of esters is 1. The number of hydrogen-bond donors (Lipinski definition) is 1. The fourth-order valence-electron chi connectivity index (χ4n) is 2.28. The van der Waals surface area contributed by atoms with E-state index >= 15 is 0 Å². The second-order valence-electron chi connectivity index (χ2n) is 4.57. The van der Waals surface area contributed by atoms with Crippen molar-refractivity contribution >= 4 is 27.8 Å². The summed E-state index contributed by atoms with van der Waals surface area (Å²) in [6.07, 6.45) is 3.34. The summed E-state index contributed by atoms with van der Waals surface area (Å²) in [5.41, 5.74) is 0.538. The van der Waals surface area contributed by atoms with Crippen LogP contribution < -0.4 is 0 Å². The van der Waals surface area contributed by atoms with Gasteiger partial charge < -0.3 is 14.6 Å². The van der Waals surface area contributed by atoms with Crippen molar-refractivity contribution in [2.24, 2.45) is 5.92 Å². The highest BCUT2D eigenvalue weighted by molar-refractivity contribution is 9.10. The maximum absolute atomic E-state index is 12.3. The molecule has 1 saturated heterocycles. The van der Waals surface area contributed by atoms with Crippen molar-refractivity contribution in [2.45, 2.75) is 19.8 Å². The lowest BCUT2D eigenvalue weighted by Crippen LogP contribution is -2.42. The van der Waals surface area contributed by atoms with Crippen molar-refractivity contribution in [1.29, 1.82) is 0 Å². The molecule has 0 saturated carbocycles. The molecule has 0 aromatic carbocycles. The fraction of sp³-hybridized carbons (Fsp3) is 0.538. The molecule has 1 atom stereocenters. The number of piperidine rings is 1. The highest BCUT2D eigenvalue weighted by Crippen LogP contribution is 2.20. The molecular formula is C13H17BrN2O3. The standard InChI is InChI=1S/C13H17BrN2O3/c1-2-19-13(18)9-4-3-5-16(8-9)12(17)11-6-10(14)7-15-11/h6-7,9,15H,2-5,8H2,1H3/t9-/m0/s1. The second-order valence-corrected chi connectivity index (χ2v) is 5.49. The molecule has 1 aliphatic rings. The molecule has 0 unspecified atom stereocenters. The highest BCUT2D eigenvalue weighted by Gasteiger charge is 2.30. The van der Waals surface area contributed by atoms with Gasteiger partial charge in [0.05, 0.1) is 12.5 Å². The van der Waals surface area contributed by atoms with E-state index in [4.69, 9.17) is 4.74 Å². The van der Waals surface area contributed by atoms with E-state index in [2.05, 4.69) is 20.9 Å². The summed E-state index contributed by atoms with van der Waals surface area (Å²) in [6, 6.07) is 1.75. The van der Waals surface area contributed by atoms with Gasteiger partial charge in [0.15, 0.2) is 0 Å². The number of H-pyrrole nitrogens is 1. The fourth-order valence-corrected chi connectivity index (χ4v) is 2.62. The number of likely N-dealkylation sites (tertiary alicyclic amines) is 1. The third kappa shape index (κ3) is 3.37. The zero-order chi connectivity index (χ0) is 13.8. The Hall–Kier alpha value is -1.30. The molecular weight excluding hydrogens is 312 g/mol. The van der Waals surface area contributed by atoms with E-state index in [1.54, 1.807) is 24.1 Å². The Kier molecular flexibility index (Phi) is 4.63. The van der Waals surface area contributed by atoms with Gasteiger partial charge in [-0.15, -0.1) is 0 Å². The van der Waals surface area contributed by atoms with Crippen molar-refractivity contribution in [1.82, 2.24) is 9.88 Å². The lowest BCUT2D eigenvalue weighted by Gasteiger charge is -2.31. The number of rotatable bonds is 3. The maximum atomic E-state index is 12.3. The van der Waals surface area contributed by atoms with Crippen molar-refractivity contribution in [3.05, 3.63) is 22.4 Å². The van der Waals surface area contributed by atoms with Crippen molar-refractivity contribution in [3.8, 4) is 0 Å². The molecule has 1 aromatic heterocycles. The average Bonchev–Trinajstić information content (AvgIpc) is 2.85. The molecule has 0 aliphatic carbocycles. The number of aromatic nitrogens is 1. The molecule has 2 rings (SSSR count). The van der Waals surface area contributed by atoms with E-state index in [-0.39, 0.29) is 17.8 Å². The first-order valence-corrected chi connectivity index (χ1v) is 7.21. The Labute approximate surface area is 120 Å². The minimum atomic E-state index is -0.201. The van der Waals surface area contributed by atoms with E-state index in [0.717, 1.165) is 17.3 Å². The number of halogens is 1. The number of carbonyl (C=O) groups excluding carboxylic acids is 2. The van der Waals surface area contributed by atoms with Gasteiger partial charge in [0.25, 0.3) is 5.91 Å². The monoisotopic (exact) mass is 328 g/mol. The summed E-state index contributed by atoms with van der Waals surface area (Å²) in [6.45, 7) is 3.30. The van der Waals surface area contributed by atoms with Crippen LogP contribution in [0, 0.1) is 5.92 Å². The molecule has 104 valence electrons. The van der Waals surface area contributed by atoms with Crippen LogP contribution in [0.4, 0.5) is 0 Å².